The molecule has 1 saturated heterocycles. The fraction of sp³-hybridized carbons (Fsp3) is 0.538. The average molecular weight is 204 g/mol. The molecule has 0 aromatic heterocycles. The van der Waals surface area contributed by atoms with Crippen LogP contribution in [0.3, 0.4) is 0 Å². The topological polar surface area (TPSA) is 24.1 Å². The van der Waals surface area contributed by atoms with Gasteiger partial charge in [0.2, 0.25) is 0 Å². The first-order valence-corrected chi connectivity index (χ1v) is 5.62. The van der Waals surface area contributed by atoms with Gasteiger partial charge in [0.05, 0.1) is 0 Å². The number of hydrogen-bond donors (Lipinski definition) is 2. The van der Waals surface area contributed by atoms with Crippen molar-refractivity contribution in [3.05, 3.63) is 35.4 Å². The molecule has 1 aliphatic rings. The summed E-state index contributed by atoms with van der Waals surface area (Å²) in [6.07, 6.45) is 0. The van der Waals surface area contributed by atoms with Crippen LogP contribution in [-0.4, -0.2) is 18.6 Å². The lowest BCUT2D eigenvalue weighted by atomic mass is 9.96. The summed E-state index contributed by atoms with van der Waals surface area (Å²) < 4.78 is 0. The van der Waals surface area contributed by atoms with Crippen molar-refractivity contribution in [1.82, 2.24) is 10.6 Å². The van der Waals surface area contributed by atoms with E-state index < -0.39 is 0 Å². The smallest absolute Gasteiger partial charge is 0.0451 e. The number of benzene rings is 1. The highest BCUT2D eigenvalue weighted by atomic mass is 15.1. The van der Waals surface area contributed by atoms with Gasteiger partial charge in [-0.15, -0.1) is 0 Å². The molecule has 1 fully saturated rings. The lowest BCUT2D eigenvalue weighted by molar-refractivity contribution is 0.264. The van der Waals surface area contributed by atoms with E-state index in [4.69, 9.17) is 0 Å². The molecule has 0 spiro atoms. The summed E-state index contributed by atoms with van der Waals surface area (Å²) in [7, 11) is 0. The fourth-order valence-electron chi connectivity index (χ4n) is 2.10. The van der Waals surface area contributed by atoms with Crippen molar-refractivity contribution in [1.29, 1.82) is 0 Å². The molecule has 1 atom stereocenters. The Morgan fingerprint density at radius 2 is 1.87 bits per heavy atom. The van der Waals surface area contributed by atoms with Crippen LogP contribution in [0.15, 0.2) is 24.3 Å². The number of aryl methyl sites for hydroxylation is 1. The molecule has 15 heavy (non-hydrogen) atoms. The van der Waals surface area contributed by atoms with Crippen LogP contribution in [0.5, 0.6) is 0 Å². The van der Waals surface area contributed by atoms with Crippen molar-refractivity contribution >= 4 is 0 Å². The molecule has 82 valence electrons. The van der Waals surface area contributed by atoms with Gasteiger partial charge in [-0.3, -0.25) is 0 Å². The number of hydrogen-bond acceptors (Lipinski definition) is 2. The normalized spacial score (nSPS) is 25.1. The summed E-state index contributed by atoms with van der Waals surface area (Å²) >= 11 is 0. The van der Waals surface area contributed by atoms with Gasteiger partial charge in [0.1, 0.15) is 0 Å². The first-order chi connectivity index (χ1) is 7.07. The zero-order valence-corrected chi connectivity index (χ0v) is 9.80. The molecule has 1 aliphatic heterocycles. The lowest BCUT2D eigenvalue weighted by Gasteiger charge is -2.38. The Kier molecular flexibility index (Phi) is 2.81. The Morgan fingerprint density at radius 3 is 2.47 bits per heavy atom. The second-order valence-corrected chi connectivity index (χ2v) is 5.12. The third-order valence-electron chi connectivity index (χ3n) is 2.96. The van der Waals surface area contributed by atoms with E-state index >= 15 is 0 Å². The molecule has 0 aliphatic carbocycles. The Morgan fingerprint density at radius 1 is 1.20 bits per heavy atom. The lowest BCUT2D eigenvalue weighted by Crippen LogP contribution is -2.56. The molecular formula is C13H20N2. The highest BCUT2D eigenvalue weighted by Crippen LogP contribution is 2.19. The predicted octanol–water partition coefficient (Wildman–Crippen LogP) is 2.01. The van der Waals surface area contributed by atoms with Gasteiger partial charge >= 0.3 is 0 Å². The zero-order valence-electron chi connectivity index (χ0n) is 9.80. The maximum absolute atomic E-state index is 3.67. The monoisotopic (exact) mass is 204 g/mol. The van der Waals surface area contributed by atoms with Crippen molar-refractivity contribution in [2.45, 2.75) is 32.4 Å². The number of piperazine rings is 1. The highest BCUT2D eigenvalue weighted by Gasteiger charge is 2.27. The second kappa shape index (κ2) is 3.95. The van der Waals surface area contributed by atoms with Crippen molar-refractivity contribution in [3.8, 4) is 0 Å². The van der Waals surface area contributed by atoms with Crippen molar-refractivity contribution in [3.63, 3.8) is 0 Å². The van der Waals surface area contributed by atoms with Gasteiger partial charge in [0, 0.05) is 24.7 Å². The molecule has 1 aromatic rings. The summed E-state index contributed by atoms with van der Waals surface area (Å²) in [5, 5.41) is 7.14. The zero-order chi connectivity index (χ0) is 10.9. The predicted molar refractivity (Wildman–Crippen MR) is 64.0 cm³/mol. The summed E-state index contributed by atoms with van der Waals surface area (Å²) in [6.45, 7) is 8.66. The molecule has 2 heteroatoms. The minimum Gasteiger partial charge on any atom is -0.313 e. The third kappa shape index (κ3) is 2.58. The quantitative estimate of drug-likeness (QED) is 0.731. The van der Waals surface area contributed by atoms with Crippen LogP contribution < -0.4 is 10.6 Å². The van der Waals surface area contributed by atoms with E-state index in [2.05, 4.69) is 55.7 Å². The van der Waals surface area contributed by atoms with Gasteiger partial charge in [-0.1, -0.05) is 29.8 Å². The minimum atomic E-state index is 0.188. The average Bonchev–Trinajstić information content (AvgIpc) is 2.17. The number of rotatable bonds is 1. The van der Waals surface area contributed by atoms with Gasteiger partial charge < -0.3 is 10.6 Å². The Hall–Kier alpha value is -0.860. The molecule has 1 aromatic carbocycles. The van der Waals surface area contributed by atoms with Crippen LogP contribution >= 0.6 is 0 Å². The van der Waals surface area contributed by atoms with Crippen LogP contribution in [0.25, 0.3) is 0 Å². The molecule has 1 unspecified atom stereocenters. The van der Waals surface area contributed by atoms with E-state index in [9.17, 15) is 0 Å². The van der Waals surface area contributed by atoms with E-state index in [0.717, 1.165) is 13.1 Å². The SMILES string of the molecule is Cc1ccc(C2CNCC(C)(C)N2)cc1. The first-order valence-electron chi connectivity index (χ1n) is 5.62. The molecule has 0 amide bonds. The molecule has 0 bridgehead atoms. The van der Waals surface area contributed by atoms with Gasteiger partial charge in [-0.2, -0.15) is 0 Å². The van der Waals surface area contributed by atoms with Crippen LogP contribution in [-0.2, 0) is 0 Å². The van der Waals surface area contributed by atoms with Gasteiger partial charge in [0.25, 0.3) is 0 Å². The Labute approximate surface area is 92.1 Å². The van der Waals surface area contributed by atoms with E-state index in [1.807, 2.05) is 0 Å². The van der Waals surface area contributed by atoms with Crippen LogP contribution in [0.1, 0.15) is 31.0 Å². The third-order valence-corrected chi connectivity index (χ3v) is 2.96. The Bertz CT molecular complexity index is 327. The summed E-state index contributed by atoms with van der Waals surface area (Å²) in [5.74, 6) is 0. The molecular weight excluding hydrogens is 184 g/mol. The van der Waals surface area contributed by atoms with Crippen LogP contribution in [0.2, 0.25) is 0 Å². The fourth-order valence-corrected chi connectivity index (χ4v) is 2.10. The van der Waals surface area contributed by atoms with E-state index in [1.165, 1.54) is 11.1 Å². The minimum absolute atomic E-state index is 0.188. The van der Waals surface area contributed by atoms with Crippen LogP contribution in [0.4, 0.5) is 0 Å². The first kappa shape index (κ1) is 10.7. The molecule has 0 saturated carbocycles. The Balaban J connectivity index is 2.13. The molecule has 2 rings (SSSR count). The van der Waals surface area contributed by atoms with E-state index in [-0.39, 0.29) is 5.54 Å². The van der Waals surface area contributed by atoms with Crippen molar-refractivity contribution < 1.29 is 0 Å². The van der Waals surface area contributed by atoms with Crippen molar-refractivity contribution in [2.75, 3.05) is 13.1 Å². The maximum Gasteiger partial charge on any atom is 0.0451 e. The molecule has 2 nitrogen and oxygen atoms in total. The summed E-state index contributed by atoms with van der Waals surface area (Å²) in [5.41, 5.74) is 2.89. The summed E-state index contributed by atoms with van der Waals surface area (Å²) in [4.78, 5) is 0. The number of nitrogens with one attached hydrogen (secondary N) is 2. The summed E-state index contributed by atoms with van der Waals surface area (Å²) in [6, 6.07) is 9.23. The van der Waals surface area contributed by atoms with E-state index in [1.54, 1.807) is 0 Å². The van der Waals surface area contributed by atoms with E-state index in [0.29, 0.717) is 6.04 Å². The van der Waals surface area contributed by atoms with Gasteiger partial charge in [-0.05, 0) is 26.3 Å². The highest BCUT2D eigenvalue weighted by molar-refractivity contribution is 5.25. The largest absolute Gasteiger partial charge is 0.313 e. The van der Waals surface area contributed by atoms with Gasteiger partial charge in [-0.25, -0.2) is 0 Å². The standard InChI is InChI=1S/C13H20N2/c1-10-4-6-11(7-5-10)12-8-14-9-13(2,3)15-12/h4-7,12,14-15H,8-9H2,1-3H3. The maximum atomic E-state index is 3.67. The molecule has 0 radical (unpaired) electrons. The van der Waals surface area contributed by atoms with Gasteiger partial charge in [0.15, 0.2) is 0 Å². The van der Waals surface area contributed by atoms with Crippen molar-refractivity contribution in [2.24, 2.45) is 0 Å². The second-order valence-electron chi connectivity index (χ2n) is 5.12. The molecule has 1 heterocycles. The van der Waals surface area contributed by atoms with Crippen LogP contribution in [0, 0.1) is 6.92 Å². The molecule has 2 N–H and O–H groups in total.